The Morgan fingerprint density at radius 1 is 1.18 bits per heavy atom. The standard InChI is InChI=1S/C17H30F2N2O7/c1-2-3-4-5-6-7-10(23)27-8-9(22)13(24)14-11(20)12(21)15(18)17(19,28-14)16(25)26/h9,11-15,22,24H,2-8,20-21H2,1H3,(H,25,26)/t9-,11?,12?,13-,14?,15?,17?/m1/s1. The molecule has 1 heterocycles. The smallest absolute Gasteiger partial charge is 0.372 e. The van der Waals surface area contributed by atoms with Crippen LogP contribution in [0.25, 0.3) is 0 Å². The molecule has 0 aromatic carbocycles. The van der Waals surface area contributed by atoms with E-state index in [4.69, 9.17) is 21.3 Å². The molecule has 164 valence electrons. The Labute approximate surface area is 162 Å². The number of aliphatic hydroxyl groups excluding tert-OH is 2. The van der Waals surface area contributed by atoms with Crippen LogP contribution in [0.15, 0.2) is 0 Å². The number of nitrogens with two attached hydrogens (primary N) is 2. The van der Waals surface area contributed by atoms with E-state index >= 15 is 0 Å². The monoisotopic (exact) mass is 412 g/mol. The lowest BCUT2D eigenvalue weighted by molar-refractivity contribution is -0.274. The predicted octanol–water partition coefficient (Wildman–Crippen LogP) is -0.246. The summed E-state index contributed by atoms with van der Waals surface area (Å²) in [5.74, 6) is -6.69. The van der Waals surface area contributed by atoms with Crippen molar-refractivity contribution in [3.8, 4) is 0 Å². The average Bonchev–Trinajstić information content (AvgIpc) is 2.66. The topological polar surface area (TPSA) is 165 Å². The van der Waals surface area contributed by atoms with E-state index in [1.807, 2.05) is 0 Å². The molecule has 1 aliphatic heterocycles. The van der Waals surface area contributed by atoms with Gasteiger partial charge >= 0.3 is 17.8 Å². The van der Waals surface area contributed by atoms with Gasteiger partial charge in [-0.05, 0) is 6.42 Å². The Morgan fingerprint density at radius 2 is 1.79 bits per heavy atom. The fourth-order valence-corrected chi connectivity index (χ4v) is 2.91. The van der Waals surface area contributed by atoms with Crippen molar-refractivity contribution >= 4 is 11.9 Å². The molecular weight excluding hydrogens is 382 g/mol. The fourth-order valence-electron chi connectivity index (χ4n) is 2.91. The van der Waals surface area contributed by atoms with Gasteiger partial charge in [0.25, 0.3) is 0 Å². The number of esters is 1. The number of carboxylic acid groups (broad SMARTS) is 1. The first-order valence-electron chi connectivity index (χ1n) is 9.33. The van der Waals surface area contributed by atoms with Crippen molar-refractivity contribution in [2.75, 3.05) is 6.61 Å². The molecule has 7 atom stereocenters. The molecule has 0 aromatic rings. The van der Waals surface area contributed by atoms with Gasteiger partial charge in [-0.1, -0.05) is 32.6 Å². The van der Waals surface area contributed by atoms with Crippen LogP contribution in [-0.4, -0.2) is 76.3 Å². The zero-order valence-corrected chi connectivity index (χ0v) is 15.8. The van der Waals surface area contributed by atoms with Gasteiger partial charge in [0.1, 0.15) is 24.9 Å². The highest BCUT2D eigenvalue weighted by atomic mass is 19.2. The first-order valence-corrected chi connectivity index (χ1v) is 9.33. The maximum atomic E-state index is 14.3. The number of hydrogen-bond acceptors (Lipinski definition) is 8. The molecule has 5 unspecified atom stereocenters. The van der Waals surface area contributed by atoms with E-state index < -0.39 is 61.0 Å². The predicted molar refractivity (Wildman–Crippen MR) is 93.5 cm³/mol. The highest BCUT2D eigenvalue weighted by molar-refractivity contribution is 5.76. The normalized spacial score (nSPS) is 32.5. The third-order valence-corrected chi connectivity index (χ3v) is 4.75. The van der Waals surface area contributed by atoms with Crippen LogP contribution in [0.4, 0.5) is 8.78 Å². The van der Waals surface area contributed by atoms with Crippen LogP contribution in [-0.2, 0) is 19.1 Å². The van der Waals surface area contributed by atoms with Crippen molar-refractivity contribution < 1.29 is 43.2 Å². The molecule has 7 N–H and O–H groups in total. The van der Waals surface area contributed by atoms with Crippen LogP contribution in [0.2, 0.25) is 0 Å². The number of carboxylic acids is 1. The number of carbonyl (C=O) groups is 2. The largest absolute Gasteiger partial charge is 0.477 e. The van der Waals surface area contributed by atoms with Crippen molar-refractivity contribution in [2.45, 2.75) is 87.9 Å². The van der Waals surface area contributed by atoms with Gasteiger partial charge in [0.2, 0.25) is 0 Å². The zero-order valence-electron chi connectivity index (χ0n) is 15.8. The number of hydrogen-bond donors (Lipinski definition) is 5. The number of carbonyl (C=O) groups excluding carboxylic acids is 1. The maximum absolute atomic E-state index is 14.3. The molecule has 0 amide bonds. The Balaban J connectivity index is 2.58. The van der Waals surface area contributed by atoms with Crippen molar-refractivity contribution in [3.63, 3.8) is 0 Å². The number of halogens is 2. The minimum Gasteiger partial charge on any atom is -0.477 e. The Morgan fingerprint density at radius 3 is 2.36 bits per heavy atom. The van der Waals surface area contributed by atoms with Crippen LogP contribution in [0.1, 0.15) is 45.4 Å². The first-order chi connectivity index (χ1) is 13.1. The van der Waals surface area contributed by atoms with Crippen LogP contribution >= 0.6 is 0 Å². The first kappa shape index (κ1) is 24.6. The highest BCUT2D eigenvalue weighted by Gasteiger charge is 2.61. The minimum absolute atomic E-state index is 0.132. The Bertz CT molecular complexity index is 528. The summed E-state index contributed by atoms with van der Waals surface area (Å²) in [6.07, 6.45) is -3.60. The molecule has 9 nitrogen and oxygen atoms in total. The van der Waals surface area contributed by atoms with Gasteiger partial charge in [0.15, 0.2) is 6.17 Å². The molecule has 0 spiro atoms. The van der Waals surface area contributed by atoms with Crippen LogP contribution in [0.3, 0.4) is 0 Å². The number of ether oxygens (including phenoxy) is 2. The third-order valence-electron chi connectivity index (χ3n) is 4.75. The average molecular weight is 412 g/mol. The molecule has 1 saturated heterocycles. The molecule has 1 rings (SSSR count). The fraction of sp³-hybridized carbons (Fsp3) is 0.882. The molecule has 28 heavy (non-hydrogen) atoms. The molecule has 0 saturated carbocycles. The summed E-state index contributed by atoms with van der Waals surface area (Å²) < 4.78 is 37.6. The maximum Gasteiger partial charge on any atom is 0.372 e. The van der Waals surface area contributed by atoms with Crippen molar-refractivity contribution in [2.24, 2.45) is 11.5 Å². The van der Waals surface area contributed by atoms with Gasteiger partial charge in [0, 0.05) is 6.42 Å². The summed E-state index contributed by atoms with van der Waals surface area (Å²) >= 11 is 0. The van der Waals surface area contributed by atoms with E-state index in [0.29, 0.717) is 6.42 Å². The SMILES string of the molecule is CCCCCCCC(=O)OC[C@@H](O)[C@@H](O)C1OC(F)(C(=O)O)C(F)C(N)C1N. The lowest BCUT2D eigenvalue weighted by Gasteiger charge is -2.44. The Kier molecular flexibility index (Phi) is 9.64. The summed E-state index contributed by atoms with van der Waals surface area (Å²) in [5.41, 5.74) is 11.0. The molecule has 0 aromatic heterocycles. The highest BCUT2D eigenvalue weighted by Crippen LogP contribution is 2.34. The summed E-state index contributed by atoms with van der Waals surface area (Å²) in [4.78, 5) is 22.7. The van der Waals surface area contributed by atoms with Crippen LogP contribution in [0.5, 0.6) is 0 Å². The van der Waals surface area contributed by atoms with E-state index in [2.05, 4.69) is 11.7 Å². The zero-order chi connectivity index (χ0) is 21.5. The number of aliphatic hydroxyl groups is 2. The van der Waals surface area contributed by atoms with Gasteiger partial charge in [-0.3, -0.25) is 4.79 Å². The van der Waals surface area contributed by atoms with E-state index in [-0.39, 0.29) is 6.42 Å². The van der Waals surface area contributed by atoms with E-state index in [0.717, 1.165) is 25.7 Å². The molecule has 11 heteroatoms. The lowest BCUT2D eigenvalue weighted by atomic mass is 9.87. The van der Waals surface area contributed by atoms with E-state index in [1.54, 1.807) is 0 Å². The molecular formula is C17H30F2N2O7. The van der Waals surface area contributed by atoms with Crippen LogP contribution in [0, 0.1) is 0 Å². The lowest BCUT2D eigenvalue weighted by Crippen LogP contribution is -2.72. The molecule has 1 fully saturated rings. The summed E-state index contributed by atoms with van der Waals surface area (Å²) in [7, 11) is 0. The van der Waals surface area contributed by atoms with E-state index in [9.17, 15) is 28.6 Å². The second kappa shape index (κ2) is 11.0. The molecule has 1 aliphatic rings. The van der Waals surface area contributed by atoms with Crippen LogP contribution < -0.4 is 11.5 Å². The second-order valence-corrected chi connectivity index (χ2v) is 6.99. The summed E-state index contributed by atoms with van der Waals surface area (Å²) in [6.45, 7) is 1.41. The number of aliphatic carboxylic acids is 1. The van der Waals surface area contributed by atoms with Crippen molar-refractivity contribution in [1.82, 2.24) is 0 Å². The summed E-state index contributed by atoms with van der Waals surface area (Å²) in [5, 5.41) is 29.0. The summed E-state index contributed by atoms with van der Waals surface area (Å²) in [6, 6.07) is -3.30. The number of alkyl halides is 2. The van der Waals surface area contributed by atoms with Gasteiger partial charge in [0.05, 0.1) is 12.1 Å². The van der Waals surface area contributed by atoms with Crippen molar-refractivity contribution in [3.05, 3.63) is 0 Å². The Hall–Kier alpha value is -1.40. The molecule has 0 radical (unpaired) electrons. The third kappa shape index (κ3) is 6.05. The van der Waals surface area contributed by atoms with Gasteiger partial charge in [-0.15, -0.1) is 0 Å². The molecule has 0 bridgehead atoms. The minimum atomic E-state index is -3.82. The molecule has 0 aliphatic carbocycles. The van der Waals surface area contributed by atoms with Gasteiger partial charge in [-0.25, -0.2) is 9.18 Å². The second-order valence-electron chi connectivity index (χ2n) is 6.99. The number of unbranched alkanes of at least 4 members (excludes halogenated alkanes) is 4. The van der Waals surface area contributed by atoms with Gasteiger partial charge in [-0.2, -0.15) is 4.39 Å². The van der Waals surface area contributed by atoms with Crippen molar-refractivity contribution in [1.29, 1.82) is 0 Å². The quantitative estimate of drug-likeness (QED) is 0.227. The van der Waals surface area contributed by atoms with Gasteiger partial charge < -0.3 is 36.3 Å². The number of rotatable bonds is 11. The van der Waals surface area contributed by atoms with E-state index in [1.165, 1.54) is 0 Å².